The van der Waals surface area contributed by atoms with Crippen LogP contribution in [0.1, 0.15) is 12.5 Å². The number of pyridine rings is 1. The van der Waals surface area contributed by atoms with Crippen LogP contribution in [0.15, 0.2) is 54.6 Å². The van der Waals surface area contributed by atoms with Crippen LogP contribution in [0, 0.1) is 0 Å². The van der Waals surface area contributed by atoms with E-state index >= 15 is 0 Å². The third-order valence-corrected chi connectivity index (χ3v) is 4.78. The summed E-state index contributed by atoms with van der Waals surface area (Å²) >= 11 is 6.37. The normalized spacial score (nSPS) is 12.0. The van der Waals surface area contributed by atoms with Crippen molar-refractivity contribution < 1.29 is 14.4 Å². The molecule has 6 heteroatoms. The summed E-state index contributed by atoms with van der Waals surface area (Å²) in [6.07, 6.45) is 0. The number of methoxy groups -OCH3 is 1. The van der Waals surface area contributed by atoms with Crippen LogP contribution in [0.25, 0.3) is 10.9 Å². The number of rotatable bonds is 7. The fourth-order valence-corrected chi connectivity index (χ4v) is 3.19. The summed E-state index contributed by atoms with van der Waals surface area (Å²) in [5.41, 5.74) is 2.54. The zero-order valence-electron chi connectivity index (χ0n) is 15.5. The zero-order valence-corrected chi connectivity index (χ0v) is 16.2. The number of carbonyl (C=O) groups is 1. The van der Waals surface area contributed by atoms with Crippen LogP contribution in [-0.2, 0) is 11.3 Å². The highest BCUT2D eigenvalue weighted by Crippen LogP contribution is 2.20. The molecule has 27 heavy (non-hydrogen) atoms. The van der Waals surface area contributed by atoms with E-state index < -0.39 is 0 Å². The average molecular weight is 385 g/mol. The van der Waals surface area contributed by atoms with Gasteiger partial charge in [0.25, 0.3) is 5.91 Å². The second kappa shape index (κ2) is 8.84. The van der Waals surface area contributed by atoms with Crippen LogP contribution in [0.3, 0.4) is 0 Å². The number of hydrogen-bond acceptors (Lipinski definition) is 3. The van der Waals surface area contributed by atoms with E-state index in [2.05, 4.69) is 23.3 Å². The van der Waals surface area contributed by atoms with Crippen molar-refractivity contribution in [2.75, 3.05) is 25.5 Å². The van der Waals surface area contributed by atoms with Crippen molar-refractivity contribution in [2.45, 2.75) is 13.5 Å². The first kappa shape index (κ1) is 19.1. The summed E-state index contributed by atoms with van der Waals surface area (Å²) < 4.78 is 5.19. The van der Waals surface area contributed by atoms with Crippen molar-refractivity contribution in [1.29, 1.82) is 0 Å². The molecule has 3 rings (SSSR count). The molecule has 1 aromatic heterocycles. The molecule has 0 aliphatic rings. The van der Waals surface area contributed by atoms with E-state index in [9.17, 15) is 4.79 Å². The molecule has 1 atom stereocenters. The number of carbonyl (C=O) groups excluding carboxylic acids is 1. The predicted molar refractivity (Wildman–Crippen MR) is 108 cm³/mol. The molecule has 3 aromatic rings. The fourth-order valence-electron chi connectivity index (χ4n) is 2.98. The number of benzene rings is 2. The minimum atomic E-state index is -0.0510. The van der Waals surface area contributed by atoms with Gasteiger partial charge in [0, 0.05) is 22.7 Å². The number of ether oxygens (including phenoxy) is 1. The van der Waals surface area contributed by atoms with Crippen LogP contribution in [0.5, 0.6) is 5.75 Å². The molecule has 5 nitrogen and oxygen atoms in total. The second-order valence-corrected chi connectivity index (χ2v) is 6.73. The maximum Gasteiger partial charge on any atom is 0.279 e. The van der Waals surface area contributed by atoms with Crippen molar-refractivity contribution in [3.8, 4) is 5.75 Å². The fraction of sp³-hybridized carbons (Fsp3) is 0.238. The predicted octanol–water partition coefficient (Wildman–Crippen LogP) is 2.94. The smallest absolute Gasteiger partial charge is 0.279 e. The van der Waals surface area contributed by atoms with Gasteiger partial charge in [-0.1, -0.05) is 35.9 Å². The summed E-state index contributed by atoms with van der Waals surface area (Å²) in [7, 11) is 1.60. The molecule has 1 unspecified atom stereocenters. The van der Waals surface area contributed by atoms with Gasteiger partial charge in [-0.05, 0) is 31.2 Å². The number of halogens is 1. The average Bonchev–Trinajstić information content (AvgIpc) is 2.68. The van der Waals surface area contributed by atoms with Crippen molar-refractivity contribution in [1.82, 2.24) is 4.98 Å². The molecular weight excluding hydrogens is 362 g/mol. The molecule has 0 saturated heterocycles. The third kappa shape index (κ3) is 4.96. The molecule has 2 N–H and O–H groups in total. The van der Waals surface area contributed by atoms with E-state index in [-0.39, 0.29) is 5.91 Å². The number of para-hydroxylation sites is 1. The van der Waals surface area contributed by atoms with Gasteiger partial charge in [0.1, 0.15) is 17.4 Å². The molecule has 0 fully saturated rings. The van der Waals surface area contributed by atoms with Gasteiger partial charge < -0.3 is 15.0 Å². The minimum absolute atomic E-state index is 0.0510. The van der Waals surface area contributed by atoms with E-state index in [4.69, 9.17) is 16.3 Å². The second-order valence-electron chi connectivity index (χ2n) is 6.37. The molecule has 140 valence electrons. The van der Waals surface area contributed by atoms with E-state index in [1.54, 1.807) is 13.2 Å². The summed E-state index contributed by atoms with van der Waals surface area (Å²) in [5, 5.41) is 4.47. The summed E-state index contributed by atoms with van der Waals surface area (Å²) in [6, 6.07) is 17.3. The molecule has 0 spiro atoms. The van der Waals surface area contributed by atoms with Gasteiger partial charge in [-0.25, -0.2) is 4.98 Å². The number of fused-ring (bicyclic) bond motifs is 1. The lowest BCUT2D eigenvalue weighted by atomic mass is 10.1. The Morgan fingerprint density at radius 2 is 2.00 bits per heavy atom. The molecule has 2 aromatic carbocycles. The highest BCUT2D eigenvalue weighted by atomic mass is 35.5. The first-order valence-electron chi connectivity index (χ1n) is 8.90. The Kier molecular flexibility index (Phi) is 6.27. The Balaban J connectivity index is 1.68. The first-order valence-corrected chi connectivity index (χ1v) is 9.28. The lowest BCUT2D eigenvalue weighted by molar-refractivity contribution is -0.903. The van der Waals surface area contributed by atoms with Crippen molar-refractivity contribution in [3.05, 3.63) is 65.3 Å². The number of likely N-dealkylation sites (N-methyl/N-ethyl adjacent to an activating group) is 1. The number of nitrogens with zero attached hydrogens (tertiary/aromatic N) is 1. The Morgan fingerprint density at radius 3 is 2.78 bits per heavy atom. The van der Waals surface area contributed by atoms with Gasteiger partial charge in [-0.2, -0.15) is 0 Å². The van der Waals surface area contributed by atoms with E-state index in [0.717, 1.165) is 33.6 Å². The number of quaternary nitrogens is 1. The SMILES string of the molecule is CC[NH+](CC(=O)Nc1cccc(OC)c1)Cc1cc2ccccc2nc1Cl. The topological polar surface area (TPSA) is 55.7 Å². The van der Waals surface area contributed by atoms with Gasteiger partial charge in [0.15, 0.2) is 6.54 Å². The van der Waals surface area contributed by atoms with Crippen molar-refractivity contribution in [3.63, 3.8) is 0 Å². The van der Waals surface area contributed by atoms with Crippen LogP contribution >= 0.6 is 11.6 Å². The molecule has 0 aliphatic carbocycles. The summed E-state index contributed by atoms with van der Waals surface area (Å²) in [4.78, 5) is 18.0. The molecule has 0 saturated carbocycles. The van der Waals surface area contributed by atoms with Crippen LogP contribution in [0.4, 0.5) is 5.69 Å². The van der Waals surface area contributed by atoms with E-state index in [1.807, 2.05) is 42.5 Å². The highest BCUT2D eigenvalue weighted by molar-refractivity contribution is 6.30. The number of aromatic nitrogens is 1. The van der Waals surface area contributed by atoms with Crippen LogP contribution in [0.2, 0.25) is 5.15 Å². The van der Waals surface area contributed by atoms with Gasteiger partial charge in [0.05, 0.1) is 19.2 Å². The lowest BCUT2D eigenvalue weighted by Crippen LogP contribution is -3.11. The maximum absolute atomic E-state index is 12.4. The van der Waals surface area contributed by atoms with Gasteiger partial charge in [-0.3, -0.25) is 4.79 Å². The third-order valence-electron chi connectivity index (χ3n) is 4.45. The highest BCUT2D eigenvalue weighted by Gasteiger charge is 2.16. The van der Waals surface area contributed by atoms with Crippen LogP contribution < -0.4 is 15.0 Å². The van der Waals surface area contributed by atoms with Crippen molar-refractivity contribution in [2.24, 2.45) is 0 Å². The molecule has 0 radical (unpaired) electrons. The number of amides is 1. The molecule has 1 heterocycles. The number of hydrogen-bond donors (Lipinski definition) is 2. The molecule has 0 bridgehead atoms. The Bertz CT molecular complexity index is 946. The molecule has 0 aliphatic heterocycles. The molecular formula is C21H23ClN3O2+. The zero-order chi connectivity index (χ0) is 19.2. The summed E-state index contributed by atoms with van der Waals surface area (Å²) in [5.74, 6) is 0.659. The molecule has 1 amide bonds. The quantitative estimate of drug-likeness (QED) is 0.616. The van der Waals surface area contributed by atoms with Crippen molar-refractivity contribution >= 4 is 34.1 Å². The van der Waals surface area contributed by atoms with Gasteiger partial charge >= 0.3 is 0 Å². The Labute approximate surface area is 163 Å². The largest absolute Gasteiger partial charge is 0.497 e. The first-order chi connectivity index (χ1) is 13.1. The Morgan fingerprint density at radius 1 is 1.19 bits per heavy atom. The number of anilines is 1. The number of nitrogens with one attached hydrogen (secondary N) is 2. The summed E-state index contributed by atoms with van der Waals surface area (Å²) in [6.45, 7) is 3.83. The standard InChI is InChI=1S/C21H22ClN3O2/c1-3-25(14-20(26)23-17-8-6-9-18(12-17)27-2)13-16-11-15-7-4-5-10-19(15)24-21(16)22/h4-12H,3,13-14H2,1-2H3,(H,23,26)/p+1. The van der Waals surface area contributed by atoms with Gasteiger partial charge in [0.2, 0.25) is 0 Å². The Hall–Kier alpha value is -2.63. The maximum atomic E-state index is 12.4. The van der Waals surface area contributed by atoms with Crippen LogP contribution in [-0.4, -0.2) is 31.1 Å². The minimum Gasteiger partial charge on any atom is -0.497 e. The van der Waals surface area contributed by atoms with E-state index in [1.165, 1.54) is 0 Å². The lowest BCUT2D eigenvalue weighted by Gasteiger charge is -2.18. The van der Waals surface area contributed by atoms with E-state index in [0.29, 0.717) is 24.0 Å². The monoisotopic (exact) mass is 384 g/mol. The van der Waals surface area contributed by atoms with Gasteiger partial charge in [-0.15, -0.1) is 0 Å².